The van der Waals surface area contributed by atoms with Crippen LogP contribution in [0.3, 0.4) is 0 Å². The molecule has 0 spiro atoms. The molecule has 12 rings (SSSR count). The predicted molar refractivity (Wildman–Crippen MR) is 224 cm³/mol. The SMILES string of the molecule is C1CCC(C2CCC(C3NC(C4CCC5C(CCC6CCCCC65)C4)NC(C4CCC5C(C4)OC4CCCCC45)N3)C3C4CC5CCCCC5CC4OC23)CC1. The minimum atomic E-state index is 0.423. The fraction of sp³-hybridized carbons (Fsp3) is 1.00. The molecule has 21 atom stereocenters. The largest absolute Gasteiger partial charge is 0.374 e. The van der Waals surface area contributed by atoms with Crippen molar-refractivity contribution in [3.8, 4) is 0 Å². The van der Waals surface area contributed by atoms with Crippen molar-refractivity contribution < 1.29 is 9.47 Å². The number of nitrogens with one attached hydrogen (secondary N) is 3. The smallest absolute Gasteiger partial charge is 0.0645 e. The molecule has 314 valence electrons. The van der Waals surface area contributed by atoms with E-state index in [-0.39, 0.29) is 0 Å². The molecule has 12 aliphatic rings. The monoisotopic (exact) mass is 770 g/mol. The molecular weight excluding hydrogens is 687 g/mol. The Hall–Kier alpha value is -0.200. The number of hydrogen-bond acceptors (Lipinski definition) is 5. The lowest BCUT2D eigenvalue weighted by Crippen LogP contribution is -2.74. The topological polar surface area (TPSA) is 54.5 Å². The van der Waals surface area contributed by atoms with Crippen molar-refractivity contribution in [1.82, 2.24) is 16.0 Å². The van der Waals surface area contributed by atoms with E-state index in [4.69, 9.17) is 9.47 Å². The number of ether oxygens (including phenoxy) is 2. The second-order valence-electron chi connectivity index (χ2n) is 23.6. The highest BCUT2D eigenvalue weighted by Crippen LogP contribution is 2.59. The fourth-order valence-electron chi connectivity index (χ4n) is 18.9. The Morgan fingerprint density at radius 2 is 0.768 bits per heavy atom. The van der Waals surface area contributed by atoms with Crippen LogP contribution in [0.2, 0.25) is 0 Å². The van der Waals surface area contributed by atoms with Crippen LogP contribution in [0.15, 0.2) is 0 Å². The van der Waals surface area contributed by atoms with Gasteiger partial charge in [0, 0.05) is 0 Å². The van der Waals surface area contributed by atoms with Gasteiger partial charge in [0.1, 0.15) is 0 Å². The van der Waals surface area contributed by atoms with Gasteiger partial charge >= 0.3 is 0 Å². The van der Waals surface area contributed by atoms with Crippen molar-refractivity contribution in [2.24, 2.45) is 88.8 Å². The summed E-state index contributed by atoms with van der Waals surface area (Å²) < 4.78 is 14.6. The van der Waals surface area contributed by atoms with Gasteiger partial charge in [-0.15, -0.1) is 0 Å². The average molecular weight is 770 g/mol. The van der Waals surface area contributed by atoms with E-state index in [0.29, 0.717) is 54.7 Å². The molecule has 0 aromatic rings. The van der Waals surface area contributed by atoms with Crippen LogP contribution in [0.25, 0.3) is 0 Å². The van der Waals surface area contributed by atoms with E-state index in [0.717, 1.165) is 76.9 Å². The van der Waals surface area contributed by atoms with Crippen LogP contribution in [0, 0.1) is 88.8 Å². The maximum atomic E-state index is 7.60. The zero-order chi connectivity index (χ0) is 36.7. The molecule has 12 fully saturated rings. The maximum absolute atomic E-state index is 7.60. The summed E-state index contributed by atoms with van der Waals surface area (Å²) in [6, 6.07) is 0. The van der Waals surface area contributed by atoms with E-state index in [9.17, 15) is 0 Å². The number of rotatable bonds is 4. The molecule has 3 N–H and O–H groups in total. The standard InChI is InChI=1S/C51H83N3O2/c1-2-10-30(11-3-1)39-24-25-42(47-43-27-32-13-4-5-14-33(32)28-46(43)56-48(39)47)51-53-49(35-20-22-38-34(26-35)19-18-31-12-6-7-15-37(31)38)52-50(54-51)36-21-23-41-40-16-8-9-17-44(40)55-45(41)29-36/h30-54H,1-29H2. The lowest BCUT2D eigenvalue weighted by atomic mass is 9.56. The van der Waals surface area contributed by atoms with Crippen molar-refractivity contribution in [2.75, 3.05) is 0 Å². The molecule has 0 bridgehead atoms. The first-order valence-corrected chi connectivity index (χ1v) is 26.3. The molecular formula is C51H83N3O2. The first kappa shape index (κ1) is 37.6. The summed E-state index contributed by atoms with van der Waals surface area (Å²) in [6.45, 7) is 0. The van der Waals surface area contributed by atoms with Crippen LogP contribution in [0.5, 0.6) is 0 Å². The van der Waals surface area contributed by atoms with E-state index >= 15 is 0 Å². The van der Waals surface area contributed by atoms with Gasteiger partial charge < -0.3 is 9.47 Å². The molecule has 21 unspecified atom stereocenters. The van der Waals surface area contributed by atoms with Crippen molar-refractivity contribution in [2.45, 2.75) is 229 Å². The van der Waals surface area contributed by atoms with Gasteiger partial charge in [0.2, 0.25) is 0 Å². The van der Waals surface area contributed by atoms with Gasteiger partial charge in [-0.2, -0.15) is 0 Å². The highest BCUT2D eigenvalue weighted by molar-refractivity contribution is 5.09. The molecule has 0 radical (unpaired) electrons. The summed E-state index contributed by atoms with van der Waals surface area (Å²) in [5, 5.41) is 13.5. The minimum Gasteiger partial charge on any atom is -0.374 e. The van der Waals surface area contributed by atoms with Crippen LogP contribution in [0.4, 0.5) is 0 Å². The molecule has 56 heavy (non-hydrogen) atoms. The molecule has 3 heterocycles. The average Bonchev–Trinajstić information content (AvgIpc) is 3.83. The molecule has 3 aliphatic heterocycles. The highest BCUT2D eigenvalue weighted by atomic mass is 16.5. The van der Waals surface area contributed by atoms with E-state index in [2.05, 4.69) is 16.0 Å². The second-order valence-corrected chi connectivity index (χ2v) is 23.6. The summed E-state index contributed by atoms with van der Waals surface area (Å²) in [7, 11) is 0. The lowest BCUT2D eigenvalue weighted by molar-refractivity contribution is -0.0766. The Morgan fingerprint density at radius 3 is 1.59 bits per heavy atom. The Labute approximate surface area is 342 Å². The first-order valence-electron chi connectivity index (χ1n) is 26.3. The van der Waals surface area contributed by atoms with Gasteiger partial charge in [0.05, 0.1) is 42.9 Å². The van der Waals surface area contributed by atoms with E-state index in [1.165, 1.54) is 167 Å². The first-order chi connectivity index (χ1) is 27.7. The van der Waals surface area contributed by atoms with Crippen molar-refractivity contribution in [3.05, 3.63) is 0 Å². The summed E-state index contributed by atoms with van der Waals surface area (Å²) in [6.07, 6.45) is 45.9. The number of hydrogen-bond donors (Lipinski definition) is 3. The predicted octanol–water partition coefficient (Wildman–Crippen LogP) is 11.0. The van der Waals surface area contributed by atoms with Crippen LogP contribution in [0.1, 0.15) is 186 Å². The zero-order valence-electron chi connectivity index (χ0n) is 35.5. The Balaban J connectivity index is 0.824. The molecule has 9 saturated carbocycles. The van der Waals surface area contributed by atoms with E-state index in [1.54, 1.807) is 19.3 Å². The highest BCUT2D eigenvalue weighted by Gasteiger charge is 2.59. The van der Waals surface area contributed by atoms with Gasteiger partial charge in [0.15, 0.2) is 0 Å². The summed E-state index contributed by atoms with van der Waals surface area (Å²) in [5.74, 6) is 13.3. The Bertz CT molecular complexity index is 1350. The Morgan fingerprint density at radius 1 is 0.268 bits per heavy atom. The van der Waals surface area contributed by atoms with Gasteiger partial charge in [-0.3, -0.25) is 16.0 Å². The van der Waals surface area contributed by atoms with Gasteiger partial charge in [-0.25, -0.2) is 0 Å². The van der Waals surface area contributed by atoms with E-state index < -0.39 is 0 Å². The van der Waals surface area contributed by atoms with Crippen LogP contribution in [-0.2, 0) is 9.47 Å². The normalized spacial score (nSPS) is 56.0. The van der Waals surface area contributed by atoms with Crippen LogP contribution < -0.4 is 16.0 Å². The molecule has 3 saturated heterocycles. The van der Waals surface area contributed by atoms with Crippen LogP contribution >= 0.6 is 0 Å². The molecule has 5 nitrogen and oxygen atoms in total. The molecule has 0 amide bonds. The minimum absolute atomic E-state index is 0.423. The quantitative estimate of drug-likeness (QED) is 0.266. The molecule has 5 heteroatoms. The summed E-state index contributed by atoms with van der Waals surface area (Å²) in [4.78, 5) is 0. The van der Waals surface area contributed by atoms with Crippen molar-refractivity contribution >= 4 is 0 Å². The van der Waals surface area contributed by atoms with Crippen molar-refractivity contribution in [1.29, 1.82) is 0 Å². The second kappa shape index (κ2) is 15.9. The van der Waals surface area contributed by atoms with Gasteiger partial charge in [0.25, 0.3) is 0 Å². The third-order valence-electron chi connectivity index (χ3n) is 21.4. The third kappa shape index (κ3) is 6.77. The zero-order valence-corrected chi connectivity index (χ0v) is 35.5. The summed E-state index contributed by atoms with van der Waals surface area (Å²) >= 11 is 0. The maximum Gasteiger partial charge on any atom is 0.0645 e. The molecule has 0 aromatic heterocycles. The molecule has 0 aromatic carbocycles. The lowest BCUT2D eigenvalue weighted by Gasteiger charge is -2.55. The third-order valence-corrected chi connectivity index (χ3v) is 21.4. The summed E-state index contributed by atoms with van der Waals surface area (Å²) in [5.41, 5.74) is 0. The Kier molecular flexibility index (Phi) is 10.7. The number of fused-ring (bicyclic) bond motifs is 10. The molecule has 9 aliphatic carbocycles. The van der Waals surface area contributed by atoms with Gasteiger partial charge in [-0.05, 0) is 185 Å². The van der Waals surface area contributed by atoms with Crippen LogP contribution in [-0.4, -0.2) is 42.9 Å². The van der Waals surface area contributed by atoms with Crippen molar-refractivity contribution in [3.63, 3.8) is 0 Å². The van der Waals surface area contributed by atoms with Gasteiger partial charge in [-0.1, -0.05) is 89.9 Å². The fourth-order valence-corrected chi connectivity index (χ4v) is 18.9. The van der Waals surface area contributed by atoms with E-state index in [1.807, 2.05) is 0 Å².